The summed E-state index contributed by atoms with van der Waals surface area (Å²) in [5.74, 6) is 0.516. The molecule has 6 heteroatoms. The Balaban J connectivity index is 1.74. The minimum Gasteiger partial charge on any atom is -0.207 e. The number of aromatic nitrogens is 4. The fraction of sp³-hybridized carbons (Fsp3) is 0.118. The molecule has 4 nitrogen and oxygen atoms in total. The molecule has 0 N–H and O–H groups in total. The summed E-state index contributed by atoms with van der Waals surface area (Å²) >= 11 is 1.41. The first kappa shape index (κ1) is 14.0. The van der Waals surface area contributed by atoms with Crippen molar-refractivity contribution in [2.75, 3.05) is 0 Å². The molecule has 4 aromatic rings. The second kappa shape index (κ2) is 5.55. The van der Waals surface area contributed by atoms with Gasteiger partial charge in [0.05, 0.1) is 0 Å². The lowest BCUT2D eigenvalue weighted by Gasteiger charge is -2.02. The molecule has 2 aromatic carbocycles. The minimum absolute atomic E-state index is 0.270. The SMILES string of the molecule is Cc1ccccc1Cc1nnc2sc(-c3cccc(F)c3)nn12. The van der Waals surface area contributed by atoms with Crippen molar-refractivity contribution < 1.29 is 4.39 Å². The number of benzene rings is 2. The summed E-state index contributed by atoms with van der Waals surface area (Å²) in [7, 11) is 0. The van der Waals surface area contributed by atoms with Gasteiger partial charge in [-0.1, -0.05) is 47.7 Å². The van der Waals surface area contributed by atoms with Crippen molar-refractivity contribution in [1.82, 2.24) is 19.8 Å². The Labute approximate surface area is 136 Å². The zero-order chi connectivity index (χ0) is 15.8. The number of nitrogens with zero attached hydrogens (tertiary/aromatic N) is 4. The predicted molar refractivity (Wildman–Crippen MR) is 88.0 cm³/mol. The number of rotatable bonds is 3. The average molecular weight is 324 g/mol. The van der Waals surface area contributed by atoms with Gasteiger partial charge in [0.2, 0.25) is 4.96 Å². The molecular formula is C17H13FN4S. The Morgan fingerprint density at radius 3 is 2.78 bits per heavy atom. The lowest BCUT2D eigenvalue weighted by molar-refractivity contribution is 0.628. The maximum Gasteiger partial charge on any atom is 0.234 e. The van der Waals surface area contributed by atoms with Crippen molar-refractivity contribution in [2.45, 2.75) is 13.3 Å². The molecule has 0 aliphatic carbocycles. The van der Waals surface area contributed by atoms with E-state index in [1.807, 2.05) is 18.2 Å². The van der Waals surface area contributed by atoms with E-state index >= 15 is 0 Å². The minimum atomic E-state index is -0.270. The first-order valence-electron chi connectivity index (χ1n) is 7.22. The van der Waals surface area contributed by atoms with Crippen molar-refractivity contribution in [3.63, 3.8) is 0 Å². The van der Waals surface area contributed by atoms with Gasteiger partial charge in [0.15, 0.2) is 5.82 Å². The van der Waals surface area contributed by atoms with E-state index < -0.39 is 0 Å². The zero-order valence-electron chi connectivity index (χ0n) is 12.4. The quantitative estimate of drug-likeness (QED) is 0.574. The van der Waals surface area contributed by atoms with E-state index in [9.17, 15) is 4.39 Å². The van der Waals surface area contributed by atoms with E-state index in [1.54, 1.807) is 10.6 Å². The molecular weight excluding hydrogens is 311 g/mol. The predicted octanol–water partition coefficient (Wildman–Crippen LogP) is 3.89. The number of hydrogen-bond donors (Lipinski definition) is 0. The van der Waals surface area contributed by atoms with E-state index in [0.29, 0.717) is 11.4 Å². The normalized spacial score (nSPS) is 11.2. The molecule has 0 saturated heterocycles. The van der Waals surface area contributed by atoms with Crippen LogP contribution in [0.5, 0.6) is 0 Å². The Bertz CT molecular complexity index is 989. The Morgan fingerprint density at radius 1 is 1.09 bits per heavy atom. The summed E-state index contributed by atoms with van der Waals surface area (Å²) in [6.07, 6.45) is 0.667. The average Bonchev–Trinajstić information content (AvgIpc) is 3.11. The molecule has 0 radical (unpaired) electrons. The number of fused-ring (bicyclic) bond motifs is 1. The second-order valence-electron chi connectivity index (χ2n) is 5.33. The first-order valence-corrected chi connectivity index (χ1v) is 8.04. The smallest absolute Gasteiger partial charge is 0.207 e. The summed E-state index contributed by atoms with van der Waals surface area (Å²) in [5, 5.41) is 13.7. The zero-order valence-corrected chi connectivity index (χ0v) is 13.2. The molecule has 2 aromatic heterocycles. The Morgan fingerprint density at radius 2 is 1.96 bits per heavy atom. The van der Waals surface area contributed by atoms with Crippen LogP contribution in [0.2, 0.25) is 0 Å². The molecule has 23 heavy (non-hydrogen) atoms. The lowest BCUT2D eigenvalue weighted by atomic mass is 10.1. The summed E-state index contributed by atoms with van der Waals surface area (Å²) < 4.78 is 15.1. The van der Waals surface area contributed by atoms with E-state index in [2.05, 4.69) is 34.4 Å². The van der Waals surface area contributed by atoms with E-state index in [-0.39, 0.29) is 5.82 Å². The van der Waals surface area contributed by atoms with E-state index in [4.69, 9.17) is 0 Å². The van der Waals surface area contributed by atoms with Gasteiger partial charge < -0.3 is 0 Å². The van der Waals surface area contributed by atoms with Crippen molar-refractivity contribution in [3.8, 4) is 10.6 Å². The van der Waals surface area contributed by atoms with Gasteiger partial charge in [-0.15, -0.1) is 10.2 Å². The van der Waals surface area contributed by atoms with Gasteiger partial charge >= 0.3 is 0 Å². The van der Waals surface area contributed by atoms with Gasteiger partial charge in [-0.25, -0.2) is 4.39 Å². The van der Waals surface area contributed by atoms with Crippen LogP contribution >= 0.6 is 11.3 Å². The number of aryl methyl sites for hydroxylation is 1. The number of halogens is 1. The fourth-order valence-electron chi connectivity index (χ4n) is 2.48. The van der Waals surface area contributed by atoms with Crippen LogP contribution in [0.3, 0.4) is 0 Å². The van der Waals surface area contributed by atoms with Gasteiger partial charge in [-0.2, -0.15) is 9.61 Å². The number of hydrogen-bond acceptors (Lipinski definition) is 4. The molecule has 114 valence electrons. The summed E-state index contributed by atoms with van der Waals surface area (Å²) in [4.78, 5) is 0.716. The highest BCUT2D eigenvalue weighted by Gasteiger charge is 2.14. The summed E-state index contributed by atoms with van der Waals surface area (Å²) in [6, 6.07) is 14.6. The van der Waals surface area contributed by atoms with Crippen LogP contribution in [0, 0.1) is 12.7 Å². The Hall–Kier alpha value is -2.60. The lowest BCUT2D eigenvalue weighted by Crippen LogP contribution is -1.99. The highest BCUT2D eigenvalue weighted by Crippen LogP contribution is 2.26. The first-order chi connectivity index (χ1) is 11.2. The van der Waals surface area contributed by atoms with Crippen molar-refractivity contribution in [3.05, 3.63) is 71.3 Å². The molecule has 0 bridgehead atoms. The van der Waals surface area contributed by atoms with Crippen molar-refractivity contribution in [1.29, 1.82) is 0 Å². The Kier molecular flexibility index (Phi) is 3.38. The highest BCUT2D eigenvalue weighted by molar-refractivity contribution is 7.19. The highest BCUT2D eigenvalue weighted by atomic mass is 32.1. The van der Waals surface area contributed by atoms with Crippen LogP contribution in [-0.2, 0) is 6.42 Å². The maximum absolute atomic E-state index is 13.4. The van der Waals surface area contributed by atoms with Gasteiger partial charge in [-0.05, 0) is 30.2 Å². The van der Waals surface area contributed by atoms with E-state index in [0.717, 1.165) is 16.4 Å². The molecule has 0 unspecified atom stereocenters. The molecule has 4 rings (SSSR count). The molecule has 0 spiro atoms. The van der Waals surface area contributed by atoms with E-state index in [1.165, 1.54) is 34.6 Å². The third-order valence-corrected chi connectivity index (χ3v) is 4.68. The largest absolute Gasteiger partial charge is 0.234 e. The molecule has 0 atom stereocenters. The topological polar surface area (TPSA) is 43.1 Å². The molecule has 0 aliphatic heterocycles. The summed E-state index contributed by atoms with van der Waals surface area (Å²) in [6.45, 7) is 2.08. The molecule has 2 heterocycles. The maximum atomic E-state index is 13.4. The van der Waals surface area contributed by atoms with Crippen LogP contribution < -0.4 is 0 Å². The van der Waals surface area contributed by atoms with Gasteiger partial charge in [-0.3, -0.25) is 0 Å². The fourth-order valence-corrected chi connectivity index (χ4v) is 3.34. The molecule has 0 amide bonds. The van der Waals surface area contributed by atoms with Crippen LogP contribution in [0.25, 0.3) is 15.5 Å². The standard InChI is InChI=1S/C17H13FN4S/c1-11-5-2-3-6-12(11)10-15-19-20-17-22(15)21-16(23-17)13-7-4-8-14(18)9-13/h2-9H,10H2,1H3. The van der Waals surface area contributed by atoms with Crippen LogP contribution in [0.4, 0.5) is 4.39 Å². The van der Waals surface area contributed by atoms with Crippen LogP contribution in [0.1, 0.15) is 17.0 Å². The summed E-state index contributed by atoms with van der Waals surface area (Å²) in [5.41, 5.74) is 3.16. The molecule has 0 fully saturated rings. The monoisotopic (exact) mass is 324 g/mol. The van der Waals surface area contributed by atoms with Gasteiger partial charge in [0, 0.05) is 12.0 Å². The third kappa shape index (κ3) is 2.61. The molecule has 0 saturated carbocycles. The van der Waals surface area contributed by atoms with Crippen LogP contribution in [0.15, 0.2) is 48.5 Å². The van der Waals surface area contributed by atoms with Crippen LogP contribution in [-0.4, -0.2) is 19.8 Å². The van der Waals surface area contributed by atoms with Gasteiger partial charge in [0.1, 0.15) is 10.8 Å². The van der Waals surface area contributed by atoms with Crippen molar-refractivity contribution in [2.24, 2.45) is 0 Å². The second-order valence-corrected chi connectivity index (χ2v) is 6.29. The third-order valence-electron chi connectivity index (χ3n) is 3.74. The van der Waals surface area contributed by atoms with Crippen molar-refractivity contribution >= 4 is 16.3 Å². The van der Waals surface area contributed by atoms with Gasteiger partial charge in [0.25, 0.3) is 0 Å². The molecule has 0 aliphatic rings.